The lowest BCUT2D eigenvalue weighted by Crippen LogP contribution is -2.48. The van der Waals surface area contributed by atoms with Crippen molar-refractivity contribution < 1.29 is 0 Å². The van der Waals surface area contributed by atoms with Gasteiger partial charge < -0.3 is 10.2 Å². The summed E-state index contributed by atoms with van der Waals surface area (Å²) in [5.74, 6) is 2.62. The lowest BCUT2D eigenvalue weighted by Gasteiger charge is -2.40. The summed E-state index contributed by atoms with van der Waals surface area (Å²) in [6, 6.07) is 1.48. The van der Waals surface area contributed by atoms with Crippen molar-refractivity contribution in [1.82, 2.24) is 10.2 Å². The van der Waals surface area contributed by atoms with Crippen LogP contribution in [0.5, 0.6) is 0 Å². The predicted octanol–water partition coefficient (Wildman–Crippen LogP) is 2.99. The van der Waals surface area contributed by atoms with Gasteiger partial charge in [-0.05, 0) is 51.1 Å². The monoisotopic (exact) mass is 240 g/mol. The van der Waals surface area contributed by atoms with Gasteiger partial charge in [0, 0.05) is 18.6 Å². The van der Waals surface area contributed by atoms with E-state index >= 15 is 0 Å². The zero-order chi connectivity index (χ0) is 13.0. The highest BCUT2D eigenvalue weighted by atomic mass is 15.1. The molecule has 1 unspecified atom stereocenters. The second-order valence-electron chi connectivity index (χ2n) is 6.83. The molecule has 2 heteroatoms. The topological polar surface area (TPSA) is 15.3 Å². The second-order valence-corrected chi connectivity index (χ2v) is 6.83. The molecule has 1 N–H and O–H groups in total. The fourth-order valence-electron chi connectivity index (χ4n) is 2.70. The van der Waals surface area contributed by atoms with E-state index in [2.05, 4.69) is 52.0 Å². The summed E-state index contributed by atoms with van der Waals surface area (Å²) in [5, 5.41) is 3.75. The van der Waals surface area contributed by atoms with Crippen LogP contribution in [0.3, 0.4) is 0 Å². The third-order valence-corrected chi connectivity index (χ3v) is 4.23. The zero-order valence-corrected chi connectivity index (χ0v) is 12.7. The van der Waals surface area contributed by atoms with Crippen molar-refractivity contribution in [2.24, 2.45) is 17.8 Å². The fourth-order valence-corrected chi connectivity index (χ4v) is 2.70. The second kappa shape index (κ2) is 6.75. The van der Waals surface area contributed by atoms with Gasteiger partial charge in [-0.25, -0.2) is 0 Å². The minimum atomic E-state index is 0.688. The van der Waals surface area contributed by atoms with E-state index in [0.29, 0.717) is 6.04 Å². The average Bonchev–Trinajstić information content (AvgIpc) is 2.11. The molecule has 1 fully saturated rings. The normalized spacial score (nSPS) is 26.6. The average molecular weight is 240 g/mol. The molecule has 1 saturated carbocycles. The van der Waals surface area contributed by atoms with E-state index in [1.54, 1.807) is 0 Å². The predicted molar refractivity (Wildman–Crippen MR) is 76.3 cm³/mol. The Kier molecular flexibility index (Phi) is 5.94. The smallest absolute Gasteiger partial charge is 0.0217 e. The first kappa shape index (κ1) is 15.0. The molecule has 0 aromatic heterocycles. The quantitative estimate of drug-likeness (QED) is 0.736. The molecule has 0 aromatic carbocycles. The molecule has 0 aliphatic heterocycles. The van der Waals surface area contributed by atoms with Crippen LogP contribution in [0.25, 0.3) is 0 Å². The van der Waals surface area contributed by atoms with E-state index < -0.39 is 0 Å². The Morgan fingerprint density at radius 1 is 1.12 bits per heavy atom. The number of nitrogens with zero attached hydrogens (tertiary/aromatic N) is 1. The summed E-state index contributed by atoms with van der Waals surface area (Å²) in [4.78, 5) is 2.37. The van der Waals surface area contributed by atoms with Crippen molar-refractivity contribution in [1.29, 1.82) is 0 Å². The molecule has 102 valence electrons. The highest BCUT2D eigenvalue weighted by molar-refractivity contribution is 4.87. The van der Waals surface area contributed by atoms with Gasteiger partial charge in [0.15, 0.2) is 0 Å². The van der Waals surface area contributed by atoms with Crippen molar-refractivity contribution in [2.45, 2.75) is 59.0 Å². The maximum Gasteiger partial charge on any atom is 0.0217 e. The first-order valence-electron chi connectivity index (χ1n) is 7.30. The molecular formula is C15H32N2. The number of nitrogens with one attached hydrogen (secondary N) is 1. The SMILES string of the molecule is CC(C)CC(CNC1CC(C(C)C)C1)N(C)C. The first-order chi connectivity index (χ1) is 7.90. The largest absolute Gasteiger partial charge is 0.312 e. The third-order valence-electron chi connectivity index (χ3n) is 4.23. The Morgan fingerprint density at radius 2 is 1.71 bits per heavy atom. The third kappa shape index (κ3) is 4.97. The maximum atomic E-state index is 3.75. The van der Waals surface area contributed by atoms with Crippen LogP contribution in [0.4, 0.5) is 0 Å². The molecule has 0 aromatic rings. The zero-order valence-electron chi connectivity index (χ0n) is 12.7. The summed E-state index contributed by atoms with van der Waals surface area (Å²) in [5.41, 5.74) is 0. The molecule has 1 atom stereocenters. The van der Waals surface area contributed by atoms with Gasteiger partial charge in [-0.3, -0.25) is 0 Å². The molecule has 17 heavy (non-hydrogen) atoms. The van der Waals surface area contributed by atoms with Gasteiger partial charge in [-0.1, -0.05) is 27.7 Å². The Bertz CT molecular complexity index is 205. The molecule has 0 saturated heterocycles. The van der Waals surface area contributed by atoms with Gasteiger partial charge in [-0.15, -0.1) is 0 Å². The van der Waals surface area contributed by atoms with Crippen LogP contribution in [0.1, 0.15) is 47.0 Å². The highest BCUT2D eigenvalue weighted by Gasteiger charge is 2.31. The molecule has 0 radical (unpaired) electrons. The minimum Gasteiger partial charge on any atom is -0.312 e. The van der Waals surface area contributed by atoms with E-state index in [0.717, 1.165) is 30.3 Å². The van der Waals surface area contributed by atoms with Gasteiger partial charge in [0.05, 0.1) is 0 Å². The Morgan fingerprint density at radius 3 is 2.12 bits per heavy atom. The van der Waals surface area contributed by atoms with Crippen molar-refractivity contribution in [3.05, 3.63) is 0 Å². The van der Waals surface area contributed by atoms with Crippen LogP contribution < -0.4 is 5.32 Å². The van der Waals surface area contributed by atoms with Gasteiger partial charge in [-0.2, -0.15) is 0 Å². The van der Waals surface area contributed by atoms with Crippen molar-refractivity contribution >= 4 is 0 Å². The Hall–Kier alpha value is -0.0800. The van der Waals surface area contributed by atoms with Crippen molar-refractivity contribution in [2.75, 3.05) is 20.6 Å². The van der Waals surface area contributed by atoms with Crippen LogP contribution in [-0.4, -0.2) is 37.6 Å². The summed E-state index contributed by atoms with van der Waals surface area (Å²) in [6.45, 7) is 10.5. The molecule has 0 spiro atoms. The van der Waals surface area contributed by atoms with Gasteiger partial charge in [0.25, 0.3) is 0 Å². The van der Waals surface area contributed by atoms with Crippen LogP contribution in [0, 0.1) is 17.8 Å². The van der Waals surface area contributed by atoms with Crippen LogP contribution >= 0.6 is 0 Å². The molecular weight excluding hydrogens is 208 g/mol. The molecule has 0 heterocycles. The molecule has 1 aliphatic rings. The lowest BCUT2D eigenvalue weighted by molar-refractivity contribution is 0.152. The van der Waals surface area contributed by atoms with Gasteiger partial charge >= 0.3 is 0 Å². The Labute approximate surface area is 108 Å². The Balaban J connectivity index is 2.20. The molecule has 0 bridgehead atoms. The summed E-state index contributed by atoms with van der Waals surface area (Å²) in [6.07, 6.45) is 4.07. The summed E-state index contributed by atoms with van der Waals surface area (Å²) in [7, 11) is 4.40. The standard InChI is InChI=1S/C15H32N2/c1-11(2)7-15(17(5)6)10-16-14-8-13(9-14)12(3)4/h11-16H,7-10H2,1-6H3. The minimum absolute atomic E-state index is 0.688. The number of hydrogen-bond donors (Lipinski definition) is 1. The van der Waals surface area contributed by atoms with E-state index in [-0.39, 0.29) is 0 Å². The molecule has 0 amide bonds. The van der Waals surface area contributed by atoms with Crippen molar-refractivity contribution in [3.8, 4) is 0 Å². The maximum absolute atomic E-state index is 3.75. The van der Waals surface area contributed by atoms with E-state index in [9.17, 15) is 0 Å². The first-order valence-corrected chi connectivity index (χ1v) is 7.30. The number of rotatable bonds is 7. The summed E-state index contributed by atoms with van der Waals surface area (Å²) >= 11 is 0. The van der Waals surface area contributed by atoms with Crippen molar-refractivity contribution in [3.63, 3.8) is 0 Å². The molecule has 1 rings (SSSR count). The van der Waals surface area contributed by atoms with E-state index in [4.69, 9.17) is 0 Å². The van der Waals surface area contributed by atoms with Crippen LogP contribution in [-0.2, 0) is 0 Å². The van der Waals surface area contributed by atoms with E-state index in [1.165, 1.54) is 19.3 Å². The van der Waals surface area contributed by atoms with Gasteiger partial charge in [0.2, 0.25) is 0 Å². The highest BCUT2D eigenvalue weighted by Crippen LogP contribution is 2.33. The lowest BCUT2D eigenvalue weighted by atomic mass is 9.73. The molecule has 1 aliphatic carbocycles. The van der Waals surface area contributed by atoms with E-state index in [1.807, 2.05) is 0 Å². The fraction of sp³-hybridized carbons (Fsp3) is 1.00. The van der Waals surface area contributed by atoms with Gasteiger partial charge in [0.1, 0.15) is 0 Å². The summed E-state index contributed by atoms with van der Waals surface area (Å²) < 4.78 is 0. The van der Waals surface area contributed by atoms with Crippen LogP contribution in [0.2, 0.25) is 0 Å². The molecule has 2 nitrogen and oxygen atoms in total. The number of hydrogen-bond acceptors (Lipinski definition) is 2. The number of likely N-dealkylation sites (N-methyl/N-ethyl adjacent to an activating group) is 1. The van der Waals surface area contributed by atoms with Crippen LogP contribution in [0.15, 0.2) is 0 Å².